The van der Waals surface area contributed by atoms with Crippen LogP contribution in [-0.2, 0) is 0 Å². The van der Waals surface area contributed by atoms with Crippen molar-refractivity contribution in [3.8, 4) is 11.8 Å². The van der Waals surface area contributed by atoms with Gasteiger partial charge in [0.25, 0.3) is 0 Å². The van der Waals surface area contributed by atoms with Crippen LogP contribution in [-0.4, -0.2) is 36.1 Å². The first-order valence-corrected chi connectivity index (χ1v) is 5.51. The molecule has 1 aromatic heterocycles. The zero-order valence-electron chi connectivity index (χ0n) is 9.81. The first-order chi connectivity index (χ1) is 7.80. The fourth-order valence-corrected chi connectivity index (χ4v) is 1.39. The maximum absolute atomic E-state index is 8.68. The molecule has 0 N–H and O–H groups in total. The molecule has 0 aliphatic rings. The quantitative estimate of drug-likeness (QED) is 0.730. The Labute approximate surface area is 96.5 Å². The molecule has 0 spiro atoms. The van der Waals surface area contributed by atoms with Gasteiger partial charge in [-0.25, -0.2) is 4.98 Å². The smallest absolute Gasteiger partial charge is 0.144 e. The minimum absolute atomic E-state index is 0.389. The molecule has 0 unspecified atom stereocenters. The predicted octanol–water partition coefficient (Wildman–Crippen LogP) is 1.67. The summed E-state index contributed by atoms with van der Waals surface area (Å²) in [6.45, 7) is 7.85. The zero-order valence-corrected chi connectivity index (χ0v) is 9.81. The van der Waals surface area contributed by atoms with Gasteiger partial charge in [-0.15, -0.1) is 0 Å². The van der Waals surface area contributed by atoms with Crippen LogP contribution in [0.25, 0.3) is 0 Å². The van der Waals surface area contributed by atoms with Gasteiger partial charge in [0.05, 0.1) is 0 Å². The van der Waals surface area contributed by atoms with E-state index >= 15 is 0 Å². The summed E-state index contributed by atoms with van der Waals surface area (Å²) in [5, 5.41) is 8.68. The number of hydrogen-bond acceptors (Lipinski definition) is 4. The van der Waals surface area contributed by atoms with Gasteiger partial charge < -0.3 is 9.64 Å². The maximum Gasteiger partial charge on any atom is 0.144 e. The van der Waals surface area contributed by atoms with E-state index in [0.29, 0.717) is 18.1 Å². The van der Waals surface area contributed by atoms with Crippen LogP contribution in [0.2, 0.25) is 0 Å². The van der Waals surface area contributed by atoms with Crippen LogP contribution in [0, 0.1) is 11.3 Å². The molecule has 0 radical (unpaired) electrons. The highest BCUT2D eigenvalue weighted by Gasteiger charge is 2.00. The summed E-state index contributed by atoms with van der Waals surface area (Å²) in [6.07, 6.45) is 1.59. The maximum atomic E-state index is 8.68. The number of nitrogens with zero attached hydrogens (tertiary/aromatic N) is 3. The summed E-state index contributed by atoms with van der Waals surface area (Å²) in [5.74, 6) is 0.707. The molecule has 0 saturated heterocycles. The second-order valence-corrected chi connectivity index (χ2v) is 3.36. The second kappa shape index (κ2) is 6.81. The lowest BCUT2D eigenvalue weighted by molar-refractivity contribution is 0.222. The third-order valence-corrected chi connectivity index (χ3v) is 2.42. The number of rotatable bonds is 6. The molecule has 1 rings (SSSR count). The number of pyridine rings is 1. The van der Waals surface area contributed by atoms with E-state index in [-0.39, 0.29) is 0 Å². The van der Waals surface area contributed by atoms with Gasteiger partial charge in [-0.1, -0.05) is 13.8 Å². The normalized spacial score (nSPS) is 10.1. The fourth-order valence-electron chi connectivity index (χ4n) is 1.39. The van der Waals surface area contributed by atoms with Crippen LogP contribution < -0.4 is 4.74 Å². The van der Waals surface area contributed by atoms with E-state index in [9.17, 15) is 0 Å². The van der Waals surface area contributed by atoms with E-state index in [1.165, 1.54) is 0 Å². The molecule has 0 aliphatic heterocycles. The highest BCUT2D eigenvalue weighted by Crippen LogP contribution is 2.09. The predicted molar refractivity (Wildman–Crippen MR) is 62.2 cm³/mol. The van der Waals surface area contributed by atoms with E-state index in [0.717, 1.165) is 19.6 Å². The van der Waals surface area contributed by atoms with Crippen molar-refractivity contribution in [1.29, 1.82) is 5.26 Å². The van der Waals surface area contributed by atoms with E-state index in [4.69, 9.17) is 10.00 Å². The van der Waals surface area contributed by atoms with Crippen LogP contribution in [0.5, 0.6) is 5.75 Å². The lowest BCUT2D eigenvalue weighted by Crippen LogP contribution is -2.27. The Hall–Kier alpha value is -1.60. The van der Waals surface area contributed by atoms with E-state index < -0.39 is 0 Å². The van der Waals surface area contributed by atoms with Gasteiger partial charge in [-0.3, -0.25) is 0 Å². The molecule has 1 heterocycles. The number of likely N-dealkylation sites (N-methyl/N-ethyl adjacent to an activating group) is 1. The van der Waals surface area contributed by atoms with E-state index in [2.05, 4.69) is 23.7 Å². The Bertz CT molecular complexity index is 356. The average molecular weight is 219 g/mol. The number of aromatic nitrogens is 1. The standard InChI is InChI=1S/C12H17N3O/c1-3-15(4-2)7-8-16-12-5-6-14-11(9-12)10-13/h5-6,9H,3-4,7-8H2,1-2H3. The molecule has 0 fully saturated rings. The van der Waals surface area contributed by atoms with Gasteiger partial charge in [0.1, 0.15) is 24.1 Å². The molecule has 1 aromatic rings. The van der Waals surface area contributed by atoms with Crippen molar-refractivity contribution in [1.82, 2.24) is 9.88 Å². The first-order valence-electron chi connectivity index (χ1n) is 5.51. The van der Waals surface area contributed by atoms with Crippen molar-refractivity contribution in [3.05, 3.63) is 24.0 Å². The number of hydrogen-bond donors (Lipinski definition) is 0. The van der Waals surface area contributed by atoms with Crippen molar-refractivity contribution in [2.75, 3.05) is 26.2 Å². The molecule has 86 valence electrons. The van der Waals surface area contributed by atoms with Gasteiger partial charge in [0.2, 0.25) is 0 Å². The van der Waals surface area contributed by atoms with Crippen molar-refractivity contribution in [3.63, 3.8) is 0 Å². The molecular formula is C12H17N3O. The van der Waals surface area contributed by atoms with Gasteiger partial charge in [-0.05, 0) is 19.2 Å². The van der Waals surface area contributed by atoms with Crippen LogP contribution in [0.15, 0.2) is 18.3 Å². The summed E-state index contributed by atoms with van der Waals surface area (Å²) in [7, 11) is 0. The Morgan fingerprint density at radius 2 is 2.19 bits per heavy atom. The summed E-state index contributed by atoms with van der Waals surface area (Å²) in [4.78, 5) is 6.17. The minimum Gasteiger partial charge on any atom is -0.492 e. The van der Waals surface area contributed by atoms with E-state index in [1.54, 1.807) is 18.3 Å². The Balaban J connectivity index is 2.40. The molecule has 0 amide bonds. The van der Waals surface area contributed by atoms with Crippen LogP contribution in [0.1, 0.15) is 19.5 Å². The highest BCUT2D eigenvalue weighted by atomic mass is 16.5. The molecule has 0 bridgehead atoms. The van der Waals surface area contributed by atoms with Crippen LogP contribution in [0.4, 0.5) is 0 Å². The summed E-state index contributed by atoms with van der Waals surface area (Å²) in [5.41, 5.74) is 0.389. The first kappa shape index (κ1) is 12.5. The lowest BCUT2D eigenvalue weighted by Gasteiger charge is -2.17. The SMILES string of the molecule is CCN(CC)CCOc1ccnc(C#N)c1. The average Bonchev–Trinajstić information content (AvgIpc) is 2.35. The molecule has 0 saturated carbocycles. The van der Waals surface area contributed by atoms with Gasteiger partial charge >= 0.3 is 0 Å². The Kier molecular flexibility index (Phi) is 5.30. The molecule has 4 heteroatoms. The third kappa shape index (κ3) is 3.87. The van der Waals surface area contributed by atoms with Crippen molar-refractivity contribution >= 4 is 0 Å². The lowest BCUT2D eigenvalue weighted by atomic mass is 10.3. The largest absolute Gasteiger partial charge is 0.492 e. The molecule has 0 aromatic carbocycles. The molecule has 0 aliphatic carbocycles. The second-order valence-electron chi connectivity index (χ2n) is 3.36. The number of ether oxygens (including phenoxy) is 1. The Morgan fingerprint density at radius 1 is 1.44 bits per heavy atom. The molecule has 16 heavy (non-hydrogen) atoms. The molecular weight excluding hydrogens is 202 g/mol. The minimum atomic E-state index is 0.389. The summed E-state index contributed by atoms with van der Waals surface area (Å²) >= 11 is 0. The summed E-state index contributed by atoms with van der Waals surface area (Å²) in [6, 6.07) is 5.41. The highest BCUT2D eigenvalue weighted by molar-refractivity contribution is 5.29. The third-order valence-electron chi connectivity index (χ3n) is 2.42. The Morgan fingerprint density at radius 3 is 2.81 bits per heavy atom. The van der Waals surface area contributed by atoms with Crippen LogP contribution >= 0.6 is 0 Å². The van der Waals surface area contributed by atoms with Gasteiger partial charge in [-0.2, -0.15) is 5.26 Å². The van der Waals surface area contributed by atoms with Crippen molar-refractivity contribution < 1.29 is 4.74 Å². The van der Waals surface area contributed by atoms with Gasteiger partial charge in [0, 0.05) is 18.8 Å². The summed E-state index contributed by atoms with van der Waals surface area (Å²) < 4.78 is 5.55. The fraction of sp³-hybridized carbons (Fsp3) is 0.500. The van der Waals surface area contributed by atoms with Crippen molar-refractivity contribution in [2.24, 2.45) is 0 Å². The van der Waals surface area contributed by atoms with E-state index in [1.807, 2.05) is 6.07 Å². The topological polar surface area (TPSA) is 49.1 Å². The number of nitriles is 1. The zero-order chi connectivity index (χ0) is 11.8. The molecule has 4 nitrogen and oxygen atoms in total. The van der Waals surface area contributed by atoms with Gasteiger partial charge in [0.15, 0.2) is 0 Å². The molecule has 0 atom stereocenters. The monoisotopic (exact) mass is 219 g/mol. The van der Waals surface area contributed by atoms with Crippen molar-refractivity contribution in [2.45, 2.75) is 13.8 Å². The van der Waals surface area contributed by atoms with Crippen LogP contribution in [0.3, 0.4) is 0 Å².